The highest BCUT2D eigenvalue weighted by atomic mass is 19.3. The number of benzene rings is 1. The third-order valence-electron chi connectivity index (χ3n) is 3.07. The second kappa shape index (κ2) is 6.09. The second-order valence-electron chi connectivity index (χ2n) is 4.68. The van der Waals surface area contributed by atoms with Gasteiger partial charge in [-0.2, -0.15) is 8.78 Å². The first-order valence-electron chi connectivity index (χ1n) is 6.25. The number of rotatable bonds is 5. The summed E-state index contributed by atoms with van der Waals surface area (Å²) in [6, 6.07) is 3.49. The van der Waals surface area contributed by atoms with Gasteiger partial charge in [-0.05, 0) is 30.5 Å². The molecule has 0 radical (unpaired) electrons. The van der Waals surface area contributed by atoms with Crippen LogP contribution in [0.25, 0.3) is 0 Å². The van der Waals surface area contributed by atoms with Crippen molar-refractivity contribution in [3.05, 3.63) is 52.9 Å². The number of aryl methyl sites for hydroxylation is 2. The highest BCUT2D eigenvalue weighted by Crippen LogP contribution is 2.15. The molecular formula is C14H16F3N3. The van der Waals surface area contributed by atoms with E-state index >= 15 is 0 Å². The maximum atomic E-state index is 13.5. The van der Waals surface area contributed by atoms with Gasteiger partial charge in [0.2, 0.25) is 0 Å². The normalized spacial score (nSPS) is 11.3. The van der Waals surface area contributed by atoms with E-state index in [1.54, 1.807) is 26.0 Å². The Bertz CT molecular complexity index is 570. The molecule has 20 heavy (non-hydrogen) atoms. The molecule has 0 aliphatic heterocycles. The number of hydrogen-bond acceptors (Lipinski definition) is 2. The molecule has 0 aliphatic carbocycles. The number of imidazole rings is 1. The minimum Gasteiger partial charge on any atom is -0.306 e. The van der Waals surface area contributed by atoms with Crippen molar-refractivity contribution in [2.45, 2.75) is 33.5 Å². The van der Waals surface area contributed by atoms with E-state index in [2.05, 4.69) is 10.3 Å². The van der Waals surface area contributed by atoms with Crippen LogP contribution in [0.4, 0.5) is 13.2 Å². The predicted molar refractivity (Wildman–Crippen MR) is 69.9 cm³/mol. The maximum absolute atomic E-state index is 13.5. The molecule has 0 bridgehead atoms. The lowest BCUT2D eigenvalue weighted by Crippen LogP contribution is -2.17. The van der Waals surface area contributed by atoms with Crippen molar-refractivity contribution in [1.82, 2.24) is 14.9 Å². The van der Waals surface area contributed by atoms with Crippen molar-refractivity contribution < 1.29 is 13.2 Å². The summed E-state index contributed by atoms with van der Waals surface area (Å²) in [6.45, 7) is 1.51. The highest BCUT2D eigenvalue weighted by Gasteiger charge is 2.11. The molecule has 1 aromatic carbocycles. The van der Waals surface area contributed by atoms with Crippen LogP contribution in [-0.2, 0) is 13.1 Å². The van der Waals surface area contributed by atoms with Crippen LogP contribution in [0.2, 0.25) is 0 Å². The summed E-state index contributed by atoms with van der Waals surface area (Å²) >= 11 is 0. The number of halogens is 3. The molecule has 1 aromatic heterocycles. The van der Waals surface area contributed by atoms with Crippen LogP contribution in [0.3, 0.4) is 0 Å². The summed E-state index contributed by atoms with van der Waals surface area (Å²) in [7, 11) is 0. The van der Waals surface area contributed by atoms with Crippen LogP contribution in [0, 0.1) is 19.7 Å². The van der Waals surface area contributed by atoms with Crippen LogP contribution in [0.15, 0.2) is 24.5 Å². The lowest BCUT2D eigenvalue weighted by Gasteiger charge is -2.09. The summed E-state index contributed by atoms with van der Waals surface area (Å²) in [4.78, 5) is 3.88. The van der Waals surface area contributed by atoms with Crippen molar-refractivity contribution in [3.63, 3.8) is 0 Å². The number of hydrogen-bond donors (Lipinski definition) is 1. The molecule has 108 valence electrons. The molecule has 1 heterocycles. The standard InChI is InChI=1S/C14H16F3N3/c1-9-5-11(6-10(2)13(9)15)7-18-8-12-19-3-4-20(12)14(16)17/h3-6,14,18H,7-8H2,1-2H3. The molecule has 0 atom stereocenters. The van der Waals surface area contributed by atoms with E-state index in [0.717, 1.165) is 10.1 Å². The molecule has 0 aliphatic rings. The fraction of sp³-hybridized carbons (Fsp3) is 0.357. The molecule has 6 heteroatoms. The van der Waals surface area contributed by atoms with Crippen molar-refractivity contribution >= 4 is 0 Å². The van der Waals surface area contributed by atoms with E-state index in [9.17, 15) is 13.2 Å². The molecule has 2 rings (SSSR count). The fourth-order valence-corrected chi connectivity index (χ4v) is 2.11. The zero-order valence-electron chi connectivity index (χ0n) is 11.3. The Morgan fingerprint density at radius 1 is 1.20 bits per heavy atom. The summed E-state index contributed by atoms with van der Waals surface area (Å²) < 4.78 is 39.5. The monoisotopic (exact) mass is 283 g/mol. The Kier molecular flexibility index (Phi) is 4.44. The quantitative estimate of drug-likeness (QED) is 0.912. The van der Waals surface area contributed by atoms with Gasteiger partial charge < -0.3 is 5.32 Å². The van der Waals surface area contributed by atoms with E-state index in [1.807, 2.05) is 0 Å². The van der Waals surface area contributed by atoms with Gasteiger partial charge in [0.05, 0.1) is 6.54 Å². The summed E-state index contributed by atoms with van der Waals surface area (Å²) in [5.74, 6) is 0.0672. The van der Waals surface area contributed by atoms with Gasteiger partial charge in [0.25, 0.3) is 0 Å². The Hall–Kier alpha value is -1.82. The smallest absolute Gasteiger partial charge is 0.306 e. The number of aromatic nitrogens is 2. The predicted octanol–water partition coefficient (Wildman–Crippen LogP) is 3.32. The van der Waals surface area contributed by atoms with Crippen LogP contribution < -0.4 is 5.32 Å². The second-order valence-corrected chi connectivity index (χ2v) is 4.68. The molecule has 0 saturated heterocycles. The molecule has 0 unspecified atom stereocenters. The SMILES string of the molecule is Cc1cc(CNCc2nccn2C(F)F)cc(C)c1F. The van der Waals surface area contributed by atoms with Gasteiger partial charge in [-0.15, -0.1) is 0 Å². The van der Waals surface area contributed by atoms with Gasteiger partial charge in [0.15, 0.2) is 0 Å². The minimum absolute atomic E-state index is 0.206. The Morgan fingerprint density at radius 2 is 1.85 bits per heavy atom. The molecule has 0 fully saturated rings. The molecule has 2 aromatic rings. The highest BCUT2D eigenvalue weighted by molar-refractivity contribution is 5.30. The average Bonchev–Trinajstić information content (AvgIpc) is 2.84. The van der Waals surface area contributed by atoms with Crippen LogP contribution in [-0.4, -0.2) is 9.55 Å². The lowest BCUT2D eigenvalue weighted by atomic mass is 10.1. The molecule has 0 amide bonds. The van der Waals surface area contributed by atoms with Gasteiger partial charge in [-0.1, -0.05) is 12.1 Å². The van der Waals surface area contributed by atoms with E-state index in [-0.39, 0.29) is 18.2 Å². The third kappa shape index (κ3) is 3.19. The Balaban J connectivity index is 1.98. The molecule has 3 nitrogen and oxygen atoms in total. The average molecular weight is 283 g/mol. The van der Waals surface area contributed by atoms with E-state index in [0.29, 0.717) is 17.7 Å². The first-order valence-corrected chi connectivity index (χ1v) is 6.25. The summed E-state index contributed by atoms with van der Waals surface area (Å²) in [6.07, 6.45) is 2.59. The van der Waals surface area contributed by atoms with E-state index in [4.69, 9.17) is 0 Å². The van der Waals surface area contributed by atoms with Gasteiger partial charge in [-0.25, -0.2) is 9.37 Å². The van der Waals surface area contributed by atoms with Gasteiger partial charge in [0.1, 0.15) is 11.6 Å². The van der Waals surface area contributed by atoms with Crippen LogP contribution in [0.1, 0.15) is 29.1 Å². The van der Waals surface area contributed by atoms with Crippen LogP contribution in [0.5, 0.6) is 0 Å². The summed E-state index contributed by atoms with van der Waals surface area (Å²) in [5, 5.41) is 3.03. The van der Waals surface area contributed by atoms with Crippen molar-refractivity contribution in [2.24, 2.45) is 0 Å². The van der Waals surface area contributed by atoms with Gasteiger partial charge in [-0.3, -0.25) is 4.57 Å². The zero-order valence-corrected chi connectivity index (χ0v) is 11.3. The number of alkyl halides is 2. The van der Waals surface area contributed by atoms with Crippen molar-refractivity contribution in [2.75, 3.05) is 0 Å². The fourth-order valence-electron chi connectivity index (χ4n) is 2.11. The van der Waals surface area contributed by atoms with Crippen molar-refractivity contribution in [1.29, 1.82) is 0 Å². The maximum Gasteiger partial charge on any atom is 0.319 e. The largest absolute Gasteiger partial charge is 0.319 e. The first kappa shape index (κ1) is 14.6. The molecule has 0 spiro atoms. The molecule has 1 N–H and O–H groups in total. The van der Waals surface area contributed by atoms with E-state index < -0.39 is 6.55 Å². The Morgan fingerprint density at radius 3 is 2.45 bits per heavy atom. The molecular weight excluding hydrogens is 267 g/mol. The lowest BCUT2D eigenvalue weighted by molar-refractivity contribution is 0.0666. The van der Waals surface area contributed by atoms with E-state index in [1.165, 1.54) is 12.4 Å². The van der Waals surface area contributed by atoms with Crippen molar-refractivity contribution in [3.8, 4) is 0 Å². The Labute approximate surface area is 115 Å². The van der Waals surface area contributed by atoms with Gasteiger partial charge >= 0.3 is 6.55 Å². The first-order chi connectivity index (χ1) is 9.49. The number of nitrogens with zero attached hydrogens (tertiary/aromatic N) is 2. The molecule has 0 saturated carbocycles. The van der Waals surface area contributed by atoms with Crippen LogP contribution >= 0.6 is 0 Å². The minimum atomic E-state index is -2.59. The third-order valence-corrected chi connectivity index (χ3v) is 3.07. The number of nitrogens with one attached hydrogen (secondary N) is 1. The summed E-state index contributed by atoms with van der Waals surface area (Å²) in [5.41, 5.74) is 2.07. The zero-order chi connectivity index (χ0) is 14.7. The topological polar surface area (TPSA) is 29.9 Å². The van der Waals surface area contributed by atoms with Gasteiger partial charge in [0, 0.05) is 18.9 Å².